The number of nitrogens with zero attached hydrogens (tertiary/aromatic N) is 1. The lowest BCUT2D eigenvalue weighted by Crippen LogP contribution is -2.52. The number of carboxylic acid groups (broad SMARTS) is 2. The summed E-state index contributed by atoms with van der Waals surface area (Å²) in [5, 5.41) is 37.8. The first-order chi connectivity index (χ1) is 8.36. The van der Waals surface area contributed by atoms with Gasteiger partial charge in [0.15, 0.2) is 0 Å². The van der Waals surface area contributed by atoms with Crippen molar-refractivity contribution in [3.05, 3.63) is 0 Å². The van der Waals surface area contributed by atoms with Crippen molar-refractivity contribution in [3.8, 4) is 0 Å². The Morgan fingerprint density at radius 1 is 1.21 bits per heavy atom. The van der Waals surface area contributed by atoms with Gasteiger partial charge in [-0.05, 0) is 6.92 Å². The first kappa shape index (κ1) is 17.8. The molecule has 0 aromatic rings. The van der Waals surface area contributed by atoms with Crippen LogP contribution in [0.2, 0.25) is 0 Å². The van der Waals surface area contributed by atoms with Gasteiger partial charge < -0.3 is 24.9 Å². The zero-order valence-corrected chi connectivity index (χ0v) is 11.8. The Hall–Kier alpha value is -1.18. The smallest absolute Gasteiger partial charge is 0.308 e. The van der Waals surface area contributed by atoms with E-state index in [0.29, 0.717) is 4.48 Å². The van der Waals surface area contributed by atoms with Crippen LogP contribution in [-0.2, 0) is 9.59 Å². The molecule has 0 aromatic heterocycles. The standard InChI is InChI=1S/C12H23NO6/c1-8(11(17)18)9(14)5-12(19,6-10(15)16)7-13(2,3)4/h8-9,14,19H,5-7H2,1-4H3,(H-,15,16,17,18)/p+1. The fraction of sp³-hybridized carbons (Fsp3) is 0.833. The van der Waals surface area contributed by atoms with Gasteiger partial charge in [0.1, 0.15) is 12.1 Å². The molecule has 0 rings (SSSR count). The van der Waals surface area contributed by atoms with E-state index in [-0.39, 0.29) is 13.0 Å². The fourth-order valence-electron chi connectivity index (χ4n) is 2.09. The molecule has 112 valence electrons. The molecule has 0 aliphatic carbocycles. The Kier molecular flexibility index (Phi) is 5.92. The number of carbonyl (C=O) groups is 2. The third kappa shape index (κ3) is 7.09. The van der Waals surface area contributed by atoms with E-state index in [1.165, 1.54) is 6.92 Å². The molecule has 0 aromatic carbocycles. The Bertz CT molecular complexity index is 338. The Morgan fingerprint density at radius 2 is 1.68 bits per heavy atom. The molecule has 0 saturated carbocycles. The molecule has 0 amide bonds. The van der Waals surface area contributed by atoms with Gasteiger partial charge in [0.2, 0.25) is 0 Å². The third-order valence-corrected chi connectivity index (χ3v) is 2.80. The van der Waals surface area contributed by atoms with Gasteiger partial charge in [0.05, 0.1) is 39.6 Å². The molecule has 0 fully saturated rings. The Labute approximate surface area is 112 Å². The molecular formula is C12H24NO6+. The maximum absolute atomic E-state index is 10.8. The van der Waals surface area contributed by atoms with Crippen LogP contribution >= 0.6 is 0 Å². The normalized spacial score (nSPS) is 18.4. The number of carboxylic acids is 2. The largest absolute Gasteiger partial charge is 0.481 e. The van der Waals surface area contributed by atoms with Crippen molar-refractivity contribution in [2.24, 2.45) is 5.92 Å². The number of quaternary nitrogens is 1. The predicted molar refractivity (Wildman–Crippen MR) is 67.5 cm³/mol. The van der Waals surface area contributed by atoms with Gasteiger partial charge in [-0.3, -0.25) is 9.59 Å². The number of rotatable bonds is 8. The van der Waals surface area contributed by atoms with Gasteiger partial charge in [-0.1, -0.05) is 0 Å². The van der Waals surface area contributed by atoms with E-state index in [9.17, 15) is 19.8 Å². The highest BCUT2D eigenvalue weighted by molar-refractivity contribution is 5.70. The minimum absolute atomic E-state index is 0.0999. The van der Waals surface area contributed by atoms with E-state index < -0.39 is 36.0 Å². The SMILES string of the molecule is CC(C(=O)O)C(O)CC(O)(CC(=O)O)C[N+](C)(C)C. The van der Waals surface area contributed by atoms with Crippen molar-refractivity contribution in [1.29, 1.82) is 0 Å². The molecular weight excluding hydrogens is 254 g/mol. The second-order valence-corrected chi connectivity index (χ2v) is 6.14. The maximum Gasteiger partial charge on any atom is 0.308 e. The van der Waals surface area contributed by atoms with Crippen LogP contribution in [0, 0.1) is 5.92 Å². The zero-order valence-electron chi connectivity index (χ0n) is 11.8. The first-order valence-corrected chi connectivity index (χ1v) is 6.02. The van der Waals surface area contributed by atoms with Crippen LogP contribution in [0.5, 0.6) is 0 Å². The summed E-state index contributed by atoms with van der Waals surface area (Å²) >= 11 is 0. The van der Waals surface area contributed by atoms with E-state index in [1.54, 1.807) is 21.1 Å². The molecule has 3 atom stereocenters. The van der Waals surface area contributed by atoms with Crippen molar-refractivity contribution in [2.45, 2.75) is 31.5 Å². The molecule has 0 saturated heterocycles. The van der Waals surface area contributed by atoms with Crippen molar-refractivity contribution in [1.82, 2.24) is 0 Å². The van der Waals surface area contributed by atoms with E-state index in [2.05, 4.69) is 0 Å². The lowest BCUT2D eigenvalue weighted by molar-refractivity contribution is -0.877. The van der Waals surface area contributed by atoms with Crippen molar-refractivity contribution < 1.29 is 34.5 Å². The molecule has 3 unspecified atom stereocenters. The number of aliphatic carboxylic acids is 2. The zero-order chi connectivity index (χ0) is 15.4. The Morgan fingerprint density at radius 3 is 2.00 bits per heavy atom. The van der Waals surface area contributed by atoms with Crippen LogP contribution in [0.1, 0.15) is 19.8 Å². The summed E-state index contributed by atoms with van der Waals surface area (Å²) in [5.41, 5.74) is -1.65. The van der Waals surface area contributed by atoms with Crippen LogP contribution in [0.4, 0.5) is 0 Å². The molecule has 0 radical (unpaired) electrons. The average molecular weight is 278 g/mol. The molecule has 19 heavy (non-hydrogen) atoms. The quantitative estimate of drug-likeness (QED) is 0.439. The summed E-state index contributed by atoms with van der Waals surface area (Å²) in [6, 6.07) is 0. The predicted octanol–water partition coefficient (Wildman–Crippen LogP) is -0.630. The number of likely N-dealkylation sites (N-methyl/N-ethyl adjacent to an activating group) is 1. The van der Waals surface area contributed by atoms with Crippen molar-refractivity contribution in [3.63, 3.8) is 0 Å². The van der Waals surface area contributed by atoms with E-state index in [0.717, 1.165) is 0 Å². The summed E-state index contributed by atoms with van der Waals surface area (Å²) < 4.78 is 0.304. The molecule has 0 spiro atoms. The lowest BCUT2D eigenvalue weighted by Gasteiger charge is -2.36. The monoisotopic (exact) mass is 278 g/mol. The average Bonchev–Trinajstić information content (AvgIpc) is 2.10. The van der Waals surface area contributed by atoms with Crippen LogP contribution in [0.15, 0.2) is 0 Å². The summed E-state index contributed by atoms with van der Waals surface area (Å²) in [5.74, 6) is -3.44. The van der Waals surface area contributed by atoms with Gasteiger partial charge in [0, 0.05) is 6.42 Å². The fourth-order valence-corrected chi connectivity index (χ4v) is 2.09. The van der Waals surface area contributed by atoms with Gasteiger partial charge in [0.25, 0.3) is 0 Å². The highest BCUT2D eigenvalue weighted by atomic mass is 16.4. The summed E-state index contributed by atoms with van der Waals surface area (Å²) in [6.45, 7) is 1.42. The summed E-state index contributed by atoms with van der Waals surface area (Å²) in [4.78, 5) is 21.6. The van der Waals surface area contributed by atoms with Gasteiger partial charge in [-0.15, -0.1) is 0 Å². The molecule has 0 heterocycles. The highest BCUT2D eigenvalue weighted by Crippen LogP contribution is 2.24. The lowest BCUT2D eigenvalue weighted by atomic mass is 9.87. The number of aliphatic hydroxyl groups is 2. The molecule has 0 aliphatic heterocycles. The Balaban J connectivity index is 4.95. The summed E-state index contributed by atoms with van der Waals surface area (Å²) in [7, 11) is 5.33. The summed E-state index contributed by atoms with van der Waals surface area (Å²) in [6.07, 6.45) is -2.12. The number of hydrogen-bond acceptors (Lipinski definition) is 4. The highest BCUT2D eigenvalue weighted by Gasteiger charge is 2.40. The van der Waals surface area contributed by atoms with Crippen LogP contribution < -0.4 is 0 Å². The van der Waals surface area contributed by atoms with Gasteiger partial charge in [-0.25, -0.2) is 0 Å². The molecule has 0 bridgehead atoms. The third-order valence-electron chi connectivity index (χ3n) is 2.80. The van der Waals surface area contributed by atoms with E-state index >= 15 is 0 Å². The molecule has 7 nitrogen and oxygen atoms in total. The number of aliphatic hydroxyl groups excluding tert-OH is 1. The minimum atomic E-state index is -1.65. The van der Waals surface area contributed by atoms with E-state index in [4.69, 9.17) is 10.2 Å². The van der Waals surface area contributed by atoms with Crippen LogP contribution in [0.25, 0.3) is 0 Å². The number of hydrogen-bond donors (Lipinski definition) is 4. The maximum atomic E-state index is 10.8. The first-order valence-electron chi connectivity index (χ1n) is 6.02. The second-order valence-electron chi connectivity index (χ2n) is 6.14. The van der Waals surface area contributed by atoms with E-state index in [1.807, 2.05) is 0 Å². The minimum Gasteiger partial charge on any atom is -0.481 e. The van der Waals surface area contributed by atoms with Gasteiger partial charge >= 0.3 is 11.9 Å². The van der Waals surface area contributed by atoms with Crippen LogP contribution in [-0.4, -0.2) is 76.2 Å². The van der Waals surface area contributed by atoms with Crippen molar-refractivity contribution >= 4 is 11.9 Å². The molecule has 4 N–H and O–H groups in total. The van der Waals surface area contributed by atoms with Gasteiger partial charge in [-0.2, -0.15) is 0 Å². The molecule has 7 heteroatoms. The van der Waals surface area contributed by atoms with Crippen molar-refractivity contribution in [2.75, 3.05) is 27.7 Å². The molecule has 0 aliphatic rings. The second kappa shape index (κ2) is 6.31. The van der Waals surface area contributed by atoms with Crippen LogP contribution in [0.3, 0.4) is 0 Å². The topological polar surface area (TPSA) is 115 Å².